The van der Waals surface area contributed by atoms with Gasteiger partial charge in [-0.1, -0.05) is 42.5 Å². The Morgan fingerprint density at radius 2 is 1.63 bits per heavy atom. The molecule has 0 spiro atoms. The van der Waals surface area contributed by atoms with Gasteiger partial charge in [-0.3, -0.25) is 9.59 Å². The summed E-state index contributed by atoms with van der Waals surface area (Å²) in [7, 11) is -3.78. The van der Waals surface area contributed by atoms with Crippen molar-refractivity contribution in [3.63, 3.8) is 0 Å². The van der Waals surface area contributed by atoms with Crippen LogP contribution < -0.4 is 15.8 Å². The number of hydrogen-bond donors (Lipinski definition) is 3. The highest BCUT2D eigenvalue weighted by Gasteiger charge is 2.23. The summed E-state index contributed by atoms with van der Waals surface area (Å²) < 4.78 is 27.8. The smallest absolute Gasteiger partial charge is 0.287 e. The maximum absolute atomic E-state index is 12.8. The molecule has 3 rings (SSSR count). The topological polar surface area (TPSA) is 132 Å². The summed E-state index contributed by atoms with van der Waals surface area (Å²) >= 11 is 0. The third kappa shape index (κ3) is 5.79. The number of carbonyl (C=O) groups is 2. The molecule has 1 aromatic heterocycles. The largest absolute Gasteiger partial charge is 0.459 e. The number of amides is 2. The molecule has 1 atom stereocenters. The predicted octanol–water partition coefficient (Wildman–Crippen LogP) is 1.58. The summed E-state index contributed by atoms with van der Waals surface area (Å²) in [5.74, 6) is -0.762. The molecule has 8 nitrogen and oxygen atoms in total. The van der Waals surface area contributed by atoms with Crippen LogP contribution in [0.25, 0.3) is 0 Å². The Bertz CT molecular complexity index is 1100. The molecule has 2 amide bonds. The quantitative estimate of drug-likeness (QED) is 0.502. The summed E-state index contributed by atoms with van der Waals surface area (Å²) in [4.78, 5) is 25.1. The molecule has 0 bridgehead atoms. The Morgan fingerprint density at radius 3 is 2.23 bits per heavy atom. The zero-order valence-corrected chi connectivity index (χ0v) is 16.8. The van der Waals surface area contributed by atoms with Crippen molar-refractivity contribution < 1.29 is 22.4 Å². The first-order valence-corrected chi connectivity index (χ1v) is 10.7. The number of nitrogens with two attached hydrogens (primary N) is 1. The first kappa shape index (κ1) is 21.3. The van der Waals surface area contributed by atoms with Crippen LogP contribution >= 0.6 is 0 Å². The number of rotatable bonds is 8. The fourth-order valence-corrected chi connectivity index (χ4v) is 3.32. The van der Waals surface area contributed by atoms with Gasteiger partial charge >= 0.3 is 0 Å². The number of primary sulfonamides is 1. The molecular formula is C21H21N3O5S. The van der Waals surface area contributed by atoms with Gasteiger partial charge in [0.25, 0.3) is 5.91 Å². The first-order valence-electron chi connectivity index (χ1n) is 9.10. The van der Waals surface area contributed by atoms with Crippen LogP contribution in [-0.4, -0.2) is 26.3 Å². The van der Waals surface area contributed by atoms with E-state index in [1.165, 1.54) is 24.5 Å². The number of nitrogens with one attached hydrogen (secondary N) is 2. The van der Waals surface area contributed by atoms with Gasteiger partial charge < -0.3 is 15.1 Å². The van der Waals surface area contributed by atoms with Crippen LogP contribution in [0.5, 0.6) is 0 Å². The van der Waals surface area contributed by atoms with Crippen molar-refractivity contribution in [2.75, 3.05) is 0 Å². The molecule has 0 saturated heterocycles. The molecule has 3 aromatic rings. The van der Waals surface area contributed by atoms with Crippen molar-refractivity contribution >= 4 is 21.8 Å². The van der Waals surface area contributed by atoms with E-state index >= 15 is 0 Å². The number of sulfonamides is 1. The molecular weight excluding hydrogens is 406 g/mol. The maximum atomic E-state index is 12.8. The zero-order chi connectivity index (χ0) is 21.6. The van der Waals surface area contributed by atoms with E-state index in [4.69, 9.17) is 9.56 Å². The van der Waals surface area contributed by atoms with Crippen LogP contribution in [0.15, 0.2) is 82.3 Å². The highest BCUT2D eigenvalue weighted by molar-refractivity contribution is 7.89. The van der Waals surface area contributed by atoms with Crippen LogP contribution in [-0.2, 0) is 27.8 Å². The molecule has 4 N–H and O–H groups in total. The molecule has 1 heterocycles. The molecule has 0 saturated carbocycles. The van der Waals surface area contributed by atoms with Crippen molar-refractivity contribution in [1.29, 1.82) is 0 Å². The molecule has 0 unspecified atom stereocenters. The lowest BCUT2D eigenvalue weighted by atomic mass is 10.0. The van der Waals surface area contributed by atoms with E-state index in [0.29, 0.717) is 12.0 Å². The Balaban J connectivity index is 1.68. The number of furan rings is 1. The minimum Gasteiger partial charge on any atom is -0.459 e. The van der Waals surface area contributed by atoms with Gasteiger partial charge in [-0.15, -0.1) is 0 Å². The van der Waals surface area contributed by atoms with Gasteiger partial charge in [0.05, 0.1) is 11.2 Å². The molecule has 2 aromatic carbocycles. The summed E-state index contributed by atoms with van der Waals surface area (Å²) in [5.41, 5.74) is 1.57. The van der Waals surface area contributed by atoms with Crippen molar-refractivity contribution in [2.24, 2.45) is 5.14 Å². The van der Waals surface area contributed by atoms with E-state index in [1.54, 1.807) is 18.2 Å². The van der Waals surface area contributed by atoms with E-state index < -0.39 is 22.0 Å². The maximum Gasteiger partial charge on any atom is 0.287 e. The van der Waals surface area contributed by atoms with Gasteiger partial charge in [0.2, 0.25) is 15.9 Å². The minimum absolute atomic E-state index is 0.00904. The SMILES string of the molecule is NS(=O)(=O)c1ccc(CNC(=O)[C@H](Cc2ccccc2)NC(=O)c2ccco2)cc1. The van der Waals surface area contributed by atoms with Crippen LogP contribution in [0, 0.1) is 0 Å². The second-order valence-corrected chi connectivity index (χ2v) is 8.16. The summed E-state index contributed by atoms with van der Waals surface area (Å²) in [6, 6.07) is 17.5. The van der Waals surface area contributed by atoms with Gasteiger partial charge in [-0.25, -0.2) is 13.6 Å². The van der Waals surface area contributed by atoms with E-state index in [0.717, 1.165) is 5.56 Å². The van der Waals surface area contributed by atoms with Gasteiger partial charge in [0.15, 0.2) is 5.76 Å². The summed E-state index contributed by atoms with van der Waals surface area (Å²) in [6.45, 7) is 0.158. The molecule has 0 radical (unpaired) electrons. The molecule has 9 heteroatoms. The lowest BCUT2D eigenvalue weighted by Gasteiger charge is -2.18. The average molecular weight is 427 g/mol. The van der Waals surface area contributed by atoms with E-state index in [1.807, 2.05) is 30.3 Å². The second-order valence-electron chi connectivity index (χ2n) is 6.60. The minimum atomic E-state index is -3.78. The fourth-order valence-electron chi connectivity index (χ4n) is 2.81. The standard InChI is InChI=1S/C21H21N3O5S/c22-30(27,28)17-10-8-16(9-11-17)14-23-20(25)18(13-15-5-2-1-3-6-15)24-21(26)19-7-4-12-29-19/h1-12,18H,13-14H2,(H,23,25)(H,24,26)(H2,22,27,28)/t18-/m0/s1. The van der Waals surface area contributed by atoms with Gasteiger partial charge in [0, 0.05) is 13.0 Å². The average Bonchev–Trinajstić information content (AvgIpc) is 3.27. The van der Waals surface area contributed by atoms with Crippen LogP contribution in [0.1, 0.15) is 21.7 Å². The zero-order valence-electron chi connectivity index (χ0n) is 15.9. The van der Waals surface area contributed by atoms with Crippen molar-refractivity contribution in [2.45, 2.75) is 23.9 Å². The molecule has 0 fully saturated rings. The highest BCUT2D eigenvalue weighted by Crippen LogP contribution is 2.10. The molecule has 0 aliphatic heterocycles. The van der Waals surface area contributed by atoms with Gasteiger partial charge in [0.1, 0.15) is 6.04 Å². The monoisotopic (exact) mass is 427 g/mol. The summed E-state index contributed by atoms with van der Waals surface area (Å²) in [5, 5.41) is 10.5. The third-order valence-corrected chi connectivity index (χ3v) is 5.30. The van der Waals surface area contributed by atoms with Gasteiger partial charge in [-0.05, 0) is 35.4 Å². The lowest BCUT2D eigenvalue weighted by molar-refractivity contribution is -0.123. The van der Waals surface area contributed by atoms with E-state index in [2.05, 4.69) is 10.6 Å². The number of hydrogen-bond acceptors (Lipinski definition) is 5. The normalized spacial score (nSPS) is 12.2. The highest BCUT2D eigenvalue weighted by atomic mass is 32.2. The predicted molar refractivity (Wildman–Crippen MR) is 110 cm³/mol. The summed E-state index contributed by atoms with van der Waals surface area (Å²) in [6.07, 6.45) is 1.68. The Hall–Kier alpha value is -3.43. The van der Waals surface area contributed by atoms with Crippen LogP contribution in [0.3, 0.4) is 0 Å². The van der Waals surface area contributed by atoms with E-state index in [9.17, 15) is 18.0 Å². The fraction of sp³-hybridized carbons (Fsp3) is 0.143. The Morgan fingerprint density at radius 1 is 0.933 bits per heavy atom. The van der Waals surface area contributed by atoms with Crippen molar-refractivity contribution in [3.8, 4) is 0 Å². The molecule has 0 aliphatic rings. The first-order chi connectivity index (χ1) is 14.3. The Labute approximate surface area is 174 Å². The molecule has 0 aliphatic carbocycles. The molecule has 30 heavy (non-hydrogen) atoms. The number of carbonyl (C=O) groups excluding carboxylic acids is 2. The second kappa shape index (κ2) is 9.38. The molecule has 156 valence electrons. The van der Waals surface area contributed by atoms with E-state index in [-0.39, 0.29) is 23.1 Å². The van der Waals surface area contributed by atoms with Crippen molar-refractivity contribution in [1.82, 2.24) is 10.6 Å². The lowest BCUT2D eigenvalue weighted by Crippen LogP contribution is -2.47. The van der Waals surface area contributed by atoms with Gasteiger partial charge in [-0.2, -0.15) is 0 Å². The van der Waals surface area contributed by atoms with Crippen molar-refractivity contribution in [3.05, 3.63) is 89.9 Å². The van der Waals surface area contributed by atoms with Crippen LogP contribution in [0.4, 0.5) is 0 Å². The third-order valence-electron chi connectivity index (χ3n) is 4.37. The van der Waals surface area contributed by atoms with Crippen LogP contribution in [0.2, 0.25) is 0 Å². The number of benzene rings is 2. The Kier molecular flexibility index (Phi) is 6.65.